The van der Waals surface area contributed by atoms with Crippen molar-refractivity contribution in [2.75, 3.05) is 5.73 Å². The van der Waals surface area contributed by atoms with Crippen molar-refractivity contribution in [2.24, 2.45) is 0 Å². The summed E-state index contributed by atoms with van der Waals surface area (Å²) >= 11 is 3.47. The van der Waals surface area contributed by atoms with Crippen molar-refractivity contribution in [3.63, 3.8) is 0 Å². The Balaban J connectivity index is 2.40. The van der Waals surface area contributed by atoms with E-state index in [-0.39, 0.29) is 6.04 Å². The lowest BCUT2D eigenvalue weighted by molar-refractivity contribution is 0.389. The van der Waals surface area contributed by atoms with E-state index < -0.39 is 0 Å². The van der Waals surface area contributed by atoms with Crippen molar-refractivity contribution in [3.05, 3.63) is 33.9 Å². The number of nitrogen functional groups attached to an aromatic ring is 1. The Morgan fingerprint density at radius 2 is 2.00 bits per heavy atom. The highest BCUT2D eigenvalue weighted by Crippen LogP contribution is 2.33. The summed E-state index contributed by atoms with van der Waals surface area (Å²) in [5.41, 5.74) is 8.53. The minimum atomic E-state index is 0.197. The molecule has 0 bridgehead atoms. The van der Waals surface area contributed by atoms with Crippen LogP contribution < -0.4 is 10.5 Å². The molecule has 0 fully saturated rings. The van der Waals surface area contributed by atoms with E-state index in [0.29, 0.717) is 11.6 Å². The average molecular weight is 324 g/mol. The molecular formula is C14H18BrN3O. The molecule has 0 radical (unpaired) electrons. The molecule has 102 valence electrons. The fourth-order valence-corrected chi connectivity index (χ4v) is 2.03. The molecule has 0 atom stereocenters. The molecule has 2 rings (SSSR count). The third-order valence-corrected chi connectivity index (χ3v) is 3.81. The molecule has 2 aromatic rings. The number of hydrogen-bond acceptors (Lipinski definition) is 3. The number of anilines is 1. The second-order valence-corrected chi connectivity index (χ2v) is 5.71. The quantitative estimate of drug-likeness (QED) is 0.920. The molecule has 0 aliphatic heterocycles. The molecular weight excluding hydrogens is 306 g/mol. The highest BCUT2D eigenvalue weighted by molar-refractivity contribution is 9.10. The second-order valence-electron chi connectivity index (χ2n) is 4.86. The number of aryl methyl sites for hydroxylation is 2. The minimum Gasteiger partial charge on any atom is -0.437 e. The van der Waals surface area contributed by atoms with Gasteiger partial charge in [-0.15, -0.1) is 0 Å². The molecule has 0 saturated carbocycles. The van der Waals surface area contributed by atoms with Crippen molar-refractivity contribution >= 4 is 21.6 Å². The molecule has 1 aromatic heterocycles. The molecule has 0 unspecified atom stereocenters. The first-order chi connectivity index (χ1) is 8.90. The maximum Gasteiger partial charge on any atom is 0.241 e. The van der Waals surface area contributed by atoms with Crippen LogP contribution in [0.15, 0.2) is 22.7 Å². The molecule has 1 heterocycles. The van der Waals surface area contributed by atoms with Crippen LogP contribution in [0.4, 0.5) is 5.69 Å². The molecule has 0 aliphatic carbocycles. The zero-order chi connectivity index (χ0) is 14.2. The van der Waals surface area contributed by atoms with Crippen LogP contribution in [0.25, 0.3) is 0 Å². The van der Waals surface area contributed by atoms with E-state index in [0.717, 1.165) is 21.5 Å². The van der Waals surface area contributed by atoms with Gasteiger partial charge in [0.1, 0.15) is 11.4 Å². The lowest BCUT2D eigenvalue weighted by atomic mass is 10.2. The lowest BCUT2D eigenvalue weighted by Gasteiger charge is -2.13. The maximum atomic E-state index is 6.04. The Hall–Kier alpha value is -1.49. The number of nitrogens with two attached hydrogens (primary N) is 1. The number of benzene rings is 1. The number of halogens is 1. The zero-order valence-corrected chi connectivity index (χ0v) is 13.2. The molecule has 4 nitrogen and oxygen atoms in total. The number of ether oxygens (including phenoxy) is 1. The van der Waals surface area contributed by atoms with Crippen LogP contribution in [0.3, 0.4) is 0 Å². The van der Waals surface area contributed by atoms with Crippen LogP contribution in [0, 0.1) is 13.8 Å². The molecule has 2 N–H and O–H groups in total. The molecule has 0 spiro atoms. The van der Waals surface area contributed by atoms with Gasteiger partial charge in [-0.25, -0.2) is 4.68 Å². The topological polar surface area (TPSA) is 53.1 Å². The van der Waals surface area contributed by atoms with E-state index in [4.69, 9.17) is 10.5 Å². The molecule has 1 aromatic carbocycles. The van der Waals surface area contributed by atoms with Gasteiger partial charge in [-0.2, -0.15) is 5.10 Å². The predicted octanol–water partition coefficient (Wildman–Crippen LogP) is 4.22. The fraction of sp³-hybridized carbons (Fsp3) is 0.357. The van der Waals surface area contributed by atoms with Crippen LogP contribution in [-0.2, 0) is 0 Å². The van der Waals surface area contributed by atoms with Gasteiger partial charge in [-0.1, -0.05) is 15.9 Å². The van der Waals surface area contributed by atoms with Gasteiger partial charge in [0.15, 0.2) is 0 Å². The van der Waals surface area contributed by atoms with E-state index >= 15 is 0 Å². The third kappa shape index (κ3) is 2.76. The SMILES string of the molecule is Cc1cc(Oc2c(N)c(C)nn2C(C)C)ccc1Br. The fourth-order valence-electron chi connectivity index (χ4n) is 1.78. The normalized spacial score (nSPS) is 11.1. The largest absolute Gasteiger partial charge is 0.437 e. The maximum absolute atomic E-state index is 6.04. The monoisotopic (exact) mass is 323 g/mol. The first kappa shape index (κ1) is 13.9. The molecule has 0 aliphatic rings. The van der Waals surface area contributed by atoms with E-state index in [1.54, 1.807) is 0 Å². The van der Waals surface area contributed by atoms with Crippen molar-refractivity contribution in [2.45, 2.75) is 33.7 Å². The number of aromatic nitrogens is 2. The Kier molecular flexibility index (Phi) is 3.85. The van der Waals surface area contributed by atoms with Crippen molar-refractivity contribution in [3.8, 4) is 11.6 Å². The summed E-state index contributed by atoms with van der Waals surface area (Å²) < 4.78 is 8.78. The summed E-state index contributed by atoms with van der Waals surface area (Å²) in [6.07, 6.45) is 0. The van der Waals surface area contributed by atoms with Gasteiger partial charge in [-0.05, 0) is 51.5 Å². The van der Waals surface area contributed by atoms with Crippen molar-refractivity contribution in [1.29, 1.82) is 0 Å². The van der Waals surface area contributed by atoms with Gasteiger partial charge < -0.3 is 10.5 Å². The van der Waals surface area contributed by atoms with Crippen LogP contribution in [0.1, 0.15) is 31.1 Å². The minimum absolute atomic E-state index is 0.197. The summed E-state index contributed by atoms with van der Waals surface area (Å²) in [4.78, 5) is 0. The molecule has 5 heteroatoms. The second kappa shape index (κ2) is 5.25. The van der Waals surface area contributed by atoms with Gasteiger partial charge in [0.2, 0.25) is 5.88 Å². The lowest BCUT2D eigenvalue weighted by Crippen LogP contribution is -2.05. The summed E-state index contributed by atoms with van der Waals surface area (Å²) in [6, 6.07) is 6.03. The third-order valence-electron chi connectivity index (χ3n) is 2.92. The first-order valence-corrected chi connectivity index (χ1v) is 6.98. The molecule has 19 heavy (non-hydrogen) atoms. The van der Waals surface area contributed by atoms with Gasteiger partial charge in [0, 0.05) is 4.47 Å². The Bertz CT molecular complexity index is 605. The summed E-state index contributed by atoms with van der Waals surface area (Å²) in [7, 11) is 0. The van der Waals surface area contributed by atoms with E-state index in [2.05, 4.69) is 21.0 Å². The standard InChI is InChI=1S/C14H18BrN3O/c1-8(2)18-14(13(16)10(4)17-18)19-11-5-6-12(15)9(3)7-11/h5-8H,16H2,1-4H3. The average Bonchev–Trinajstić information content (AvgIpc) is 2.62. The van der Waals surface area contributed by atoms with Gasteiger partial charge in [-0.3, -0.25) is 0 Å². The highest BCUT2D eigenvalue weighted by Gasteiger charge is 2.17. The van der Waals surface area contributed by atoms with Crippen LogP contribution in [-0.4, -0.2) is 9.78 Å². The molecule has 0 amide bonds. The van der Waals surface area contributed by atoms with E-state index in [9.17, 15) is 0 Å². The first-order valence-electron chi connectivity index (χ1n) is 6.18. The number of hydrogen-bond donors (Lipinski definition) is 1. The van der Waals surface area contributed by atoms with Crippen LogP contribution in [0.2, 0.25) is 0 Å². The van der Waals surface area contributed by atoms with Crippen molar-refractivity contribution < 1.29 is 4.74 Å². The summed E-state index contributed by atoms with van der Waals surface area (Å²) in [5, 5.41) is 4.40. The van der Waals surface area contributed by atoms with Crippen LogP contribution in [0.5, 0.6) is 11.6 Å². The zero-order valence-electron chi connectivity index (χ0n) is 11.6. The van der Waals surface area contributed by atoms with Crippen molar-refractivity contribution in [1.82, 2.24) is 9.78 Å². The Morgan fingerprint density at radius 1 is 1.32 bits per heavy atom. The van der Waals surface area contributed by atoms with Crippen LogP contribution >= 0.6 is 15.9 Å². The van der Waals surface area contributed by atoms with Gasteiger partial charge >= 0.3 is 0 Å². The smallest absolute Gasteiger partial charge is 0.241 e. The summed E-state index contributed by atoms with van der Waals surface area (Å²) in [6.45, 7) is 8.00. The Morgan fingerprint density at radius 3 is 2.58 bits per heavy atom. The van der Waals surface area contributed by atoms with Gasteiger partial charge in [0.05, 0.1) is 11.7 Å². The summed E-state index contributed by atoms with van der Waals surface area (Å²) in [5.74, 6) is 1.36. The Labute approximate surface area is 121 Å². The number of nitrogens with zero attached hydrogens (tertiary/aromatic N) is 2. The van der Waals surface area contributed by atoms with E-state index in [1.165, 1.54) is 0 Å². The predicted molar refractivity (Wildman–Crippen MR) is 80.7 cm³/mol. The number of rotatable bonds is 3. The highest BCUT2D eigenvalue weighted by atomic mass is 79.9. The van der Waals surface area contributed by atoms with E-state index in [1.807, 2.05) is 50.6 Å². The molecule has 0 saturated heterocycles. The van der Waals surface area contributed by atoms with Gasteiger partial charge in [0.25, 0.3) is 0 Å².